The maximum atomic E-state index is 12.2. The summed E-state index contributed by atoms with van der Waals surface area (Å²) in [5.41, 5.74) is 1.70. The van der Waals surface area contributed by atoms with Gasteiger partial charge in [0.25, 0.3) is 5.91 Å². The molecule has 1 aromatic heterocycles. The lowest BCUT2D eigenvalue weighted by Crippen LogP contribution is -2.48. The van der Waals surface area contributed by atoms with Gasteiger partial charge in [-0.25, -0.2) is 9.97 Å². The van der Waals surface area contributed by atoms with E-state index in [1.54, 1.807) is 13.4 Å². The van der Waals surface area contributed by atoms with Gasteiger partial charge in [0.2, 0.25) is 0 Å². The van der Waals surface area contributed by atoms with Gasteiger partial charge in [-0.15, -0.1) is 6.42 Å². The van der Waals surface area contributed by atoms with Crippen molar-refractivity contribution in [2.75, 3.05) is 12.4 Å². The highest BCUT2D eigenvalue weighted by molar-refractivity contribution is 5.95. The number of anilines is 2. The van der Waals surface area contributed by atoms with Crippen molar-refractivity contribution in [3.05, 3.63) is 60.9 Å². The Morgan fingerprint density at radius 1 is 1.03 bits per heavy atom. The Labute approximate surface area is 209 Å². The molecule has 3 heterocycles. The van der Waals surface area contributed by atoms with Gasteiger partial charge in [-0.2, -0.15) is 0 Å². The quantitative estimate of drug-likeness (QED) is 0.404. The van der Waals surface area contributed by atoms with Crippen LogP contribution in [0.4, 0.5) is 11.5 Å². The fourth-order valence-electron chi connectivity index (χ4n) is 5.63. The third-order valence-corrected chi connectivity index (χ3v) is 7.27. The number of nitrogens with zero attached hydrogens (tertiary/aromatic N) is 3. The summed E-state index contributed by atoms with van der Waals surface area (Å²) >= 11 is 0. The minimum absolute atomic E-state index is 0.0304. The number of aromatic nitrogens is 2. The molecule has 1 amide bonds. The van der Waals surface area contributed by atoms with Crippen LogP contribution >= 0.6 is 0 Å². The Bertz CT molecular complexity index is 1500. The Balaban J connectivity index is 1.30. The predicted molar refractivity (Wildman–Crippen MR) is 139 cm³/mol. The van der Waals surface area contributed by atoms with E-state index in [-0.39, 0.29) is 24.1 Å². The molecule has 2 unspecified atom stereocenters. The van der Waals surface area contributed by atoms with E-state index >= 15 is 0 Å². The number of piperidine rings is 1. The number of fused-ring (bicyclic) bond motifs is 4. The maximum Gasteiger partial charge on any atom is 0.298 e. The van der Waals surface area contributed by atoms with Crippen LogP contribution in [0.3, 0.4) is 0 Å². The van der Waals surface area contributed by atoms with Crippen LogP contribution in [0.2, 0.25) is 0 Å². The highest BCUT2D eigenvalue weighted by Crippen LogP contribution is 2.40. The molecule has 2 bridgehead atoms. The molecule has 0 saturated carbocycles. The Morgan fingerprint density at radius 3 is 2.56 bits per heavy atom. The molecule has 2 saturated heterocycles. The number of amides is 1. The monoisotopic (exact) mass is 478 g/mol. The van der Waals surface area contributed by atoms with Crippen molar-refractivity contribution in [2.45, 2.75) is 43.9 Å². The van der Waals surface area contributed by atoms with Crippen LogP contribution < -0.4 is 14.8 Å². The second-order valence-corrected chi connectivity index (χ2v) is 9.38. The summed E-state index contributed by atoms with van der Waals surface area (Å²) < 4.78 is 12.1. The molecule has 6 rings (SSSR count). The fourth-order valence-corrected chi connectivity index (χ4v) is 5.63. The van der Waals surface area contributed by atoms with Gasteiger partial charge in [0.05, 0.1) is 12.6 Å². The van der Waals surface area contributed by atoms with Crippen LogP contribution in [0, 0.1) is 12.3 Å². The number of terminal acetylenes is 1. The molecule has 2 aliphatic rings. The van der Waals surface area contributed by atoms with Gasteiger partial charge < -0.3 is 19.7 Å². The second-order valence-electron chi connectivity index (χ2n) is 9.38. The lowest BCUT2D eigenvalue weighted by atomic mass is 9.99. The van der Waals surface area contributed by atoms with Crippen LogP contribution in [0.5, 0.6) is 11.5 Å². The van der Waals surface area contributed by atoms with Crippen molar-refractivity contribution in [1.82, 2.24) is 14.9 Å². The summed E-state index contributed by atoms with van der Waals surface area (Å²) in [4.78, 5) is 23.0. The van der Waals surface area contributed by atoms with E-state index in [4.69, 9.17) is 15.9 Å². The zero-order valence-electron chi connectivity index (χ0n) is 20.0. The molecular weight excluding hydrogens is 452 g/mol. The van der Waals surface area contributed by atoms with Crippen molar-refractivity contribution in [3.8, 4) is 23.8 Å². The van der Waals surface area contributed by atoms with Gasteiger partial charge in [0.1, 0.15) is 18.2 Å². The van der Waals surface area contributed by atoms with Crippen LogP contribution in [-0.2, 0) is 4.79 Å². The third-order valence-electron chi connectivity index (χ3n) is 7.27. The molecule has 2 aliphatic heterocycles. The van der Waals surface area contributed by atoms with Gasteiger partial charge in [-0.1, -0.05) is 30.3 Å². The van der Waals surface area contributed by atoms with Crippen molar-refractivity contribution >= 4 is 39.1 Å². The molecule has 1 N–H and O–H groups in total. The summed E-state index contributed by atoms with van der Waals surface area (Å²) in [7, 11) is 1.63. The first-order valence-corrected chi connectivity index (χ1v) is 12.2. The van der Waals surface area contributed by atoms with Crippen molar-refractivity contribution in [2.24, 2.45) is 0 Å². The second kappa shape index (κ2) is 9.04. The lowest BCUT2D eigenvalue weighted by molar-refractivity contribution is -0.130. The molecule has 36 heavy (non-hydrogen) atoms. The summed E-state index contributed by atoms with van der Waals surface area (Å²) in [5.74, 6) is 4.01. The van der Waals surface area contributed by atoms with Gasteiger partial charge >= 0.3 is 0 Å². The van der Waals surface area contributed by atoms with Gasteiger partial charge in [-0.3, -0.25) is 4.79 Å². The SMILES string of the molecule is C#CC(=O)N1C2CCC1CC(Oc1cc3c(Nc4ccc5ccccc5c4)ncnc3cc1OC)C2. The smallest absolute Gasteiger partial charge is 0.298 e. The van der Waals surface area contributed by atoms with E-state index in [9.17, 15) is 4.79 Å². The minimum atomic E-state index is -0.217. The predicted octanol–water partition coefficient (Wildman–Crippen LogP) is 5.07. The number of ether oxygens (including phenoxy) is 2. The van der Waals surface area contributed by atoms with Crippen LogP contribution in [0.15, 0.2) is 60.9 Å². The van der Waals surface area contributed by atoms with Crippen molar-refractivity contribution < 1.29 is 14.3 Å². The van der Waals surface area contributed by atoms with Crippen molar-refractivity contribution in [3.63, 3.8) is 0 Å². The van der Waals surface area contributed by atoms with Gasteiger partial charge in [0.15, 0.2) is 11.5 Å². The van der Waals surface area contributed by atoms with E-state index in [0.717, 1.165) is 47.7 Å². The molecule has 7 nitrogen and oxygen atoms in total. The van der Waals surface area contributed by atoms with Gasteiger partial charge in [0, 0.05) is 42.1 Å². The molecule has 2 fully saturated rings. The van der Waals surface area contributed by atoms with Crippen molar-refractivity contribution in [1.29, 1.82) is 0 Å². The highest BCUT2D eigenvalue weighted by atomic mass is 16.5. The summed E-state index contributed by atoms with van der Waals surface area (Å²) in [6, 6.07) is 18.5. The van der Waals surface area contributed by atoms with Crippen LogP contribution in [0.1, 0.15) is 25.7 Å². The number of hydrogen-bond donors (Lipinski definition) is 1. The molecule has 2 atom stereocenters. The molecule has 0 radical (unpaired) electrons. The number of hydrogen-bond acceptors (Lipinski definition) is 6. The van der Waals surface area contributed by atoms with Crippen LogP contribution in [0.25, 0.3) is 21.7 Å². The molecule has 4 aromatic rings. The zero-order valence-corrected chi connectivity index (χ0v) is 20.0. The Kier molecular flexibility index (Phi) is 5.57. The van der Waals surface area contributed by atoms with E-state index in [0.29, 0.717) is 17.3 Å². The van der Waals surface area contributed by atoms with E-state index in [1.165, 1.54) is 5.39 Å². The Hall–Kier alpha value is -4.31. The number of rotatable bonds is 5. The van der Waals surface area contributed by atoms with Gasteiger partial charge in [-0.05, 0) is 47.7 Å². The fraction of sp³-hybridized carbons (Fsp3) is 0.276. The Morgan fingerprint density at radius 2 is 1.81 bits per heavy atom. The number of nitrogens with one attached hydrogen (secondary N) is 1. The average molecular weight is 479 g/mol. The standard InChI is InChI=1S/C29H26N4O3/c1-3-28(34)33-21-10-11-22(33)14-23(13-21)36-27-15-24-25(16-26(27)35-2)30-17-31-29(24)32-20-9-8-18-6-4-5-7-19(18)12-20/h1,4-9,12,15-17,21-23H,10-11,13-14H2,2H3,(H,30,31,32). The molecule has 3 aromatic carbocycles. The summed E-state index contributed by atoms with van der Waals surface area (Å²) in [6.45, 7) is 0. The maximum absolute atomic E-state index is 12.2. The number of benzene rings is 3. The molecule has 7 heteroatoms. The third kappa shape index (κ3) is 3.95. The first-order chi connectivity index (χ1) is 17.6. The minimum Gasteiger partial charge on any atom is -0.493 e. The zero-order chi connectivity index (χ0) is 24.6. The lowest BCUT2D eigenvalue weighted by Gasteiger charge is -2.38. The van der Waals surface area contributed by atoms with Crippen LogP contribution in [-0.4, -0.2) is 46.1 Å². The number of carbonyl (C=O) groups is 1. The largest absolute Gasteiger partial charge is 0.493 e. The first kappa shape index (κ1) is 22.2. The average Bonchev–Trinajstić information content (AvgIpc) is 3.18. The summed E-state index contributed by atoms with van der Waals surface area (Å²) in [5, 5.41) is 6.61. The number of carbonyl (C=O) groups excluding carboxylic acids is 1. The van der Waals surface area contributed by atoms with E-state index in [2.05, 4.69) is 45.5 Å². The van der Waals surface area contributed by atoms with E-state index in [1.807, 2.05) is 35.2 Å². The first-order valence-electron chi connectivity index (χ1n) is 12.2. The number of methoxy groups -OCH3 is 1. The molecular formula is C29H26N4O3. The summed E-state index contributed by atoms with van der Waals surface area (Å²) in [6.07, 6.45) is 10.3. The normalized spacial score (nSPS) is 20.8. The molecule has 0 aliphatic carbocycles. The van der Waals surface area contributed by atoms with E-state index < -0.39 is 0 Å². The highest BCUT2D eigenvalue weighted by Gasteiger charge is 2.43. The topological polar surface area (TPSA) is 76.6 Å². The molecule has 0 spiro atoms. The molecule has 180 valence electrons.